The third-order valence-electron chi connectivity index (χ3n) is 3.59. The molecular formula is C15H20BrNO3. The molecule has 0 aliphatic carbocycles. The van der Waals surface area contributed by atoms with Crippen LogP contribution in [0.15, 0.2) is 28.7 Å². The summed E-state index contributed by atoms with van der Waals surface area (Å²) < 4.78 is 6.47. The molecule has 1 amide bonds. The highest BCUT2D eigenvalue weighted by Gasteiger charge is 2.27. The van der Waals surface area contributed by atoms with Crippen molar-refractivity contribution in [3.05, 3.63) is 28.7 Å². The minimum Gasteiger partial charge on any atom is -0.484 e. The lowest BCUT2D eigenvalue weighted by Gasteiger charge is -2.22. The van der Waals surface area contributed by atoms with Crippen LogP contribution in [0.25, 0.3) is 0 Å². The molecule has 1 fully saturated rings. The van der Waals surface area contributed by atoms with Crippen LogP contribution in [0.1, 0.15) is 26.2 Å². The molecule has 2 rings (SSSR count). The molecule has 0 bridgehead atoms. The maximum Gasteiger partial charge on any atom is 0.260 e. The van der Waals surface area contributed by atoms with Gasteiger partial charge in [0.15, 0.2) is 6.61 Å². The molecule has 1 aliphatic heterocycles. The fraction of sp³-hybridized carbons (Fsp3) is 0.533. The monoisotopic (exact) mass is 341 g/mol. The third kappa shape index (κ3) is 4.49. The van der Waals surface area contributed by atoms with Crippen molar-refractivity contribution in [2.24, 2.45) is 0 Å². The molecule has 0 spiro atoms. The molecule has 1 saturated heterocycles. The van der Waals surface area contributed by atoms with Crippen LogP contribution in [0.4, 0.5) is 0 Å². The molecule has 1 aromatic rings. The van der Waals surface area contributed by atoms with E-state index in [9.17, 15) is 9.90 Å². The van der Waals surface area contributed by atoms with Crippen LogP contribution < -0.4 is 4.74 Å². The number of amides is 1. The van der Waals surface area contributed by atoms with E-state index in [4.69, 9.17) is 4.74 Å². The Bertz CT molecular complexity index is 459. The highest BCUT2D eigenvalue weighted by molar-refractivity contribution is 9.10. The van der Waals surface area contributed by atoms with Crippen LogP contribution in [0.3, 0.4) is 0 Å². The average molecular weight is 342 g/mol. The maximum absolute atomic E-state index is 12.1. The predicted octanol–water partition coefficient (Wildman–Crippen LogP) is 2.59. The van der Waals surface area contributed by atoms with Gasteiger partial charge in [-0.05, 0) is 50.5 Å². The molecule has 1 atom stereocenters. The Kier molecular flexibility index (Phi) is 5.05. The lowest BCUT2D eigenvalue weighted by molar-refractivity contribution is -0.133. The Balaban J connectivity index is 1.84. The number of likely N-dealkylation sites (tertiary alicyclic amines) is 1. The first-order valence-corrected chi connectivity index (χ1v) is 7.64. The van der Waals surface area contributed by atoms with Crippen LogP contribution in [-0.4, -0.2) is 41.2 Å². The van der Waals surface area contributed by atoms with Crippen LogP contribution in [0.2, 0.25) is 0 Å². The van der Waals surface area contributed by atoms with Crippen LogP contribution >= 0.6 is 15.9 Å². The molecule has 5 heteroatoms. The van der Waals surface area contributed by atoms with Crippen molar-refractivity contribution in [1.29, 1.82) is 0 Å². The molecule has 1 unspecified atom stereocenters. The minimum absolute atomic E-state index is 0.0226. The van der Waals surface area contributed by atoms with Crippen molar-refractivity contribution in [2.75, 3.05) is 19.7 Å². The van der Waals surface area contributed by atoms with E-state index < -0.39 is 5.60 Å². The number of hydrogen-bond donors (Lipinski definition) is 1. The van der Waals surface area contributed by atoms with Crippen LogP contribution in [-0.2, 0) is 4.79 Å². The van der Waals surface area contributed by atoms with Gasteiger partial charge >= 0.3 is 0 Å². The first kappa shape index (κ1) is 15.3. The number of carbonyl (C=O) groups is 1. The standard InChI is InChI=1S/C15H20BrNO3/c1-15(19)7-2-9-17(10-8-15)14(18)11-20-13-5-3-12(16)4-6-13/h3-6,19H,2,7-11H2,1H3. The number of carbonyl (C=O) groups excluding carboxylic acids is 1. The largest absolute Gasteiger partial charge is 0.484 e. The Morgan fingerprint density at radius 3 is 2.75 bits per heavy atom. The second-order valence-electron chi connectivity index (χ2n) is 5.47. The second kappa shape index (κ2) is 6.59. The topological polar surface area (TPSA) is 49.8 Å². The molecule has 1 N–H and O–H groups in total. The summed E-state index contributed by atoms with van der Waals surface area (Å²) in [6, 6.07) is 7.40. The summed E-state index contributed by atoms with van der Waals surface area (Å²) in [7, 11) is 0. The zero-order valence-corrected chi connectivity index (χ0v) is 13.2. The maximum atomic E-state index is 12.1. The van der Waals surface area contributed by atoms with E-state index in [2.05, 4.69) is 15.9 Å². The van der Waals surface area contributed by atoms with E-state index in [1.165, 1.54) is 0 Å². The summed E-state index contributed by atoms with van der Waals surface area (Å²) in [5.74, 6) is 0.661. The van der Waals surface area contributed by atoms with Crippen molar-refractivity contribution in [1.82, 2.24) is 4.90 Å². The average Bonchev–Trinajstić information content (AvgIpc) is 2.59. The quantitative estimate of drug-likeness (QED) is 0.919. The van der Waals surface area contributed by atoms with Crippen molar-refractivity contribution >= 4 is 21.8 Å². The fourth-order valence-corrected chi connectivity index (χ4v) is 2.54. The van der Waals surface area contributed by atoms with Crippen molar-refractivity contribution < 1.29 is 14.6 Å². The third-order valence-corrected chi connectivity index (χ3v) is 4.12. The summed E-state index contributed by atoms with van der Waals surface area (Å²) in [6.07, 6.45) is 2.19. The number of aliphatic hydroxyl groups is 1. The van der Waals surface area contributed by atoms with Crippen LogP contribution in [0, 0.1) is 0 Å². The molecule has 0 saturated carbocycles. The number of rotatable bonds is 3. The zero-order chi connectivity index (χ0) is 14.6. The van der Waals surface area contributed by atoms with Gasteiger partial charge in [-0.3, -0.25) is 4.79 Å². The number of benzene rings is 1. The Hall–Kier alpha value is -1.07. The van der Waals surface area contributed by atoms with Crippen LogP contribution in [0.5, 0.6) is 5.75 Å². The molecule has 20 heavy (non-hydrogen) atoms. The summed E-state index contributed by atoms with van der Waals surface area (Å²) >= 11 is 3.35. The van der Waals surface area contributed by atoms with Gasteiger partial charge in [-0.2, -0.15) is 0 Å². The Morgan fingerprint density at radius 2 is 2.05 bits per heavy atom. The molecule has 1 aromatic carbocycles. The van der Waals surface area contributed by atoms with Crippen molar-refractivity contribution in [3.63, 3.8) is 0 Å². The van der Waals surface area contributed by atoms with Gasteiger partial charge in [-0.1, -0.05) is 15.9 Å². The first-order chi connectivity index (χ1) is 9.46. The van der Waals surface area contributed by atoms with Gasteiger partial charge < -0.3 is 14.7 Å². The number of ether oxygens (including phenoxy) is 1. The summed E-state index contributed by atoms with van der Waals surface area (Å²) in [6.45, 7) is 3.16. The van der Waals surface area contributed by atoms with Gasteiger partial charge in [-0.25, -0.2) is 0 Å². The van der Waals surface area contributed by atoms with Gasteiger partial charge in [0.25, 0.3) is 5.91 Å². The van der Waals surface area contributed by atoms with E-state index in [0.717, 1.165) is 17.3 Å². The summed E-state index contributed by atoms with van der Waals surface area (Å²) in [5.41, 5.74) is -0.651. The SMILES string of the molecule is CC1(O)CCCN(C(=O)COc2ccc(Br)cc2)CC1. The lowest BCUT2D eigenvalue weighted by atomic mass is 9.98. The number of halogens is 1. The van der Waals surface area contributed by atoms with E-state index >= 15 is 0 Å². The van der Waals surface area contributed by atoms with Gasteiger partial charge in [0.1, 0.15) is 5.75 Å². The number of hydrogen-bond acceptors (Lipinski definition) is 3. The highest BCUT2D eigenvalue weighted by Crippen LogP contribution is 2.21. The van der Waals surface area contributed by atoms with E-state index in [1.807, 2.05) is 31.2 Å². The van der Waals surface area contributed by atoms with E-state index in [-0.39, 0.29) is 12.5 Å². The van der Waals surface area contributed by atoms with E-state index in [0.29, 0.717) is 25.3 Å². The van der Waals surface area contributed by atoms with Gasteiger partial charge in [0.05, 0.1) is 5.60 Å². The Labute approximate surface area is 127 Å². The van der Waals surface area contributed by atoms with Gasteiger partial charge in [0.2, 0.25) is 0 Å². The predicted molar refractivity (Wildman–Crippen MR) is 80.7 cm³/mol. The normalized spacial score (nSPS) is 23.2. The van der Waals surface area contributed by atoms with Gasteiger partial charge in [-0.15, -0.1) is 0 Å². The first-order valence-electron chi connectivity index (χ1n) is 6.85. The molecule has 0 radical (unpaired) electrons. The minimum atomic E-state index is -0.651. The summed E-state index contributed by atoms with van der Waals surface area (Å²) in [5, 5.41) is 10.0. The zero-order valence-electron chi connectivity index (χ0n) is 11.6. The molecular weight excluding hydrogens is 322 g/mol. The highest BCUT2D eigenvalue weighted by atomic mass is 79.9. The van der Waals surface area contributed by atoms with Crippen molar-refractivity contribution in [3.8, 4) is 5.75 Å². The van der Waals surface area contributed by atoms with Gasteiger partial charge in [0, 0.05) is 17.6 Å². The molecule has 0 aromatic heterocycles. The summed E-state index contributed by atoms with van der Waals surface area (Å²) in [4.78, 5) is 13.9. The van der Waals surface area contributed by atoms with E-state index in [1.54, 1.807) is 4.90 Å². The molecule has 1 aliphatic rings. The number of nitrogens with zero attached hydrogens (tertiary/aromatic N) is 1. The Morgan fingerprint density at radius 1 is 1.35 bits per heavy atom. The fourth-order valence-electron chi connectivity index (χ4n) is 2.28. The second-order valence-corrected chi connectivity index (χ2v) is 6.39. The molecule has 110 valence electrons. The smallest absolute Gasteiger partial charge is 0.260 e. The molecule has 1 heterocycles. The molecule has 4 nitrogen and oxygen atoms in total. The van der Waals surface area contributed by atoms with Crippen molar-refractivity contribution in [2.45, 2.75) is 31.8 Å². The lowest BCUT2D eigenvalue weighted by Crippen LogP contribution is -2.36.